The highest BCUT2D eigenvalue weighted by Crippen LogP contribution is 2.22. The maximum atomic E-state index is 14.1. The van der Waals surface area contributed by atoms with E-state index in [0.717, 1.165) is 56.6 Å². The number of carbonyl (C=O) groups excluding carboxylic acids is 1. The number of piperidine rings is 2. The zero-order valence-electron chi connectivity index (χ0n) is 16.3. The second-order valence-electron chi connectivity index (χ2n) is 7.88. The average Bonchev–Trinajstić information content (AvgIpc) is 2.66. The predicted octanol–water partition coefficient (Wildman–Crippen LogP) is 3.89. The second-order valence-corrected chi connectivity index (χ2v) is 8.80. The van der Waals surface area contributed by atoms with Crippen molar-refractivity contribution in [3.63, 3.8) is 0 Å². The lowest BCUT2D eigenvalue weighted by Crippen LogP contribution is -2.51. The Hall–Kier alpha value is -0.980. The topological polar surface area (TPSA) is 26.8 Å². The third-order valence-corrected chi connectivity index (χ3v) is 6.33. The van der Waals surface area contributed by atoms with Crippen LogP contribution in [-0.4, -0.2) is 65.9 Å². The lowest BCUT2D eigenvalue weighted by molar-refractivity contribution is -0.132. The molecular weight excluding hydrogens is 409 g/mol. The smallest absolute Gasteiger partial charge is 0.219 e. The quantitative estimate of drug-likeness (QED) is 0.672. The fourth-order valence-electron chi connectivity index (χ4n) is 4.36. The molecule has 27 heavy (non-hydrogen) atoms. The van der Waals surface area contributed by atoms with Gasteiger partial charge in [0.2, 0.25) is 5.91 Å². The number of likely N-dealkylation sites (tertiary alicyclic amines) is 2. The molecule has 0 N–H and O–H groups in total. The van der Waals surface area contributed by atoms with Crippen molar-refractivity contribution in [2.75, 3.05) is 39.3 Å². The van der Waals surface area contributed by atoms with Crippen LogP contribution < -0.4 is 0 Å². The van der Waals surface area contributed by atoms with Gasteiger partial charge in [0, 0.05) is 49.2 Å². The van der Waals surface area contributed by atoms with Gasteiger partial charge in [-0.3, -0.25) is 9.69 Å². The van der Waals surface area contributed by atoms with Crippen LogP contribution >= 0.6 is 15.9 Å². The molecule has 1 amide bonds. The van der Waals surface area contributed by atoms with Gasteiger partial charge in [-0.2, -0.15) is 0 Å². The van der Waals surface area contributed by atoms with Crippen LogP contribution in [0.25, 0.3) is 0 Å². The van der Waals surface area contributed by atoms with Gasteiger partial charge in [0.05, 0.1) is 0 Å². The summed E-state index contributed by atoms with van der Waals surface area (Å²) in [6, 6.07) is 5.34. The summed E-state index contributed by atoms with van der Waals surface area (Å²) < 4.78 is 15.0. The van der Waals surface area contributed by atoms with E-state index in [0.29, 0.717) is 12.1 Å². The number of carbonyl (C=O) groups is 1. The van der Waals surface area contributed by atoms with Crippen LogP contribution in [0.15, 0.2) is 22.7 Å². The lowest BCUT2D eigenvalue weighted by atomic mass is 10.0. The summed E-state index contributed by atoms with van der Waals surface area (Å²) in [6.45, 7) is 8.15. The summed E-state index contributed by atoms with van der Waals surface area (Å²) in [5.74, 6) is 0.00124. The molecule has 0 spiro atoms. The molecule has 0 bridgehead atoms. The van der Waals surface area contributed by atoms with Gasteiger partial charge in [-0.15, -0.1) is 0 Å². The number of hydrogen-bond acceptors (Lipinski definition) is 3. The standard InChI is InChI=1S/C21H31BrFN3O/c1-17(27)26(13-12-24-9-3-2-4-10-24)20-6-5-11-25(16-20)15-18-14-19(22)7-8-21(18)23/h7-8,14,20H,2-6,9-13,15-16H2,1H3. The number of hydrogen-bond donors (Lipinski definition) is 0. The van der Waals surface area contributed by atoms with Gasteiger partial charge in [-0.05, 0) is 63.5 Å². The number of nitrogens with zero attached hydrogens (tertiary/aromatic N) is 3. The fourth-order valence-corrected chi connectivity index (χ4v) is 4.77. The van der Waals surface area contributed by atoms with Gasteiger partial charge < -0.3 is 9.80 Å². The summed E-state index contributed by atoms with van der Waals surface area (Å²) in [7, 11) is 0. The molecule has 2 fully saturated rings. The molecule has 2 aliphatic heterocycles. The summed E-state index contributed by atoms with van der Waals surface area (Å²) in [4.78, 5) is 19.1. The molecule has 2 heterocycles. The van der Waals surface area contributed by atoms with Crippen molar-refractivity contribution < 1.29 is 9.18 Å². The maximum Gasteiger partial charge on any atom is 0.219 e. The van der Waals surface area contributed by atoms with Crippen LogP contribution in [0, 0.1) is 5.82 Å². The Morgan fingerprint density at radius 1 is 1.19 bits per heavy atom. The fraction of sp³-hybridized carbons (Fsp3) is 0.667. The molecule has 0 aliphatic carbocycles. The van der Waals surface area contributed by atoms with Gasteiger partial charge in [-0.1, -0.05) is 22.4 Å². The Balaban J connectivity index is 1.58. The van der Waals surface area contributed by atoms with E-state index in [1.54, 1.807) is 13.0 Å². The first kappa shape index (κ1) is 20.7. The lowest BCUT2D eigenvalue weighted by Gasteiger charge is -2.40. The van der Waals surface area contributed by atoms with Crippen molar-refractivity contribution in [1.82, 2.24) is 14.7 Å². The first-order chi connectivity index (χ1) is 13.0. The van der Waals surface area contributed by atoms with E-state index in [2.05, 4.69) is 30.6 Å². The summed E-state index contributed by atoms with van der Waals surface area (Å²) in [5, 5.41) is 0. The second kappa shape index (κ2) is 9.99. The van der Waals surface area contributed by atoms with Crippen molar-refractivity contribution in [3.05, 3.63) is 34.1 Å². The van der Waals surface area contributed by atoms with E-state index in [-0.39, 0.29) is 17.8 Å². The first-order valence-electron chi connectivity index (χ1n) is 10.2. The highest BCUT2D eigenvalue weighted by Gasteiger charge is 2.27. The normalized spacial score (nSPS) is 22.0. The molecule has 4 nitrogen and oxygen atoms in total. The van der Waals surface area contributed by atoms with E-state index in [9.17, 15) is 9.18 Å². The Morgan fingerprint density at radius 2 is 1.93 bits per heavy atom. The molecule has 0 radical (unpaired) electrons. The molecule has 0 saturated carbocycles. The number of rotatable bonds is 6. The van der Waals surface area contributed by atoms with E-state index in [4.69, 9.17) is 0 Å². The van der Waals surface area contributed by atoms with Crippen molar-refractivity contribution >= 4 is 21.8 Å². The molecule has 150 valence electrons. The Kier molecular flexibility index (Phi) is 7.67. The Bertz CT molecular complexity index is 636. The van der Waals surface area contributed by atoms with Gasteiger partial charge in [-0.25, -0.2) is 4.39 Å². The Labute approximate surface area is 170 Å². The summed E-state index contributed by atoms with van der Waals surface area (Å²) in [6.07, 6.45) is 5.96. The zero-order chi connectivity index (χ0) is 19.2. The summed E-state index contributed by atoms with van der Waals surface area (Å²) in [5.41, 5.74) is 0.715. The number of amides is 1. The minimum absolute atomic E-state index is 0.158. The highest BCUT2D eigenvalue weighted by atomic mass is 79.9. The van der Waals surface area contributed by atoms with Gasteiger partial charge >= 0.3 is 0 Å². The first-order valence-corrected chi connectivity index (χ1v) is 11.0. The van der Waals surface area contributed by atoms with Crippen molar-refractivity contribution in [1.29, 1.82) is 0 Å². The van der Waals surface area contributed by atoms with E-state index >= 15 is 0 Å². The minimum atomic E-state index is -0.158. The SMILES string of the molecule is CC(=O)N(CCN1CCCCC1)C1CCCN(Cc2cc(Br)ccc2F)C1. The van der Waals surface area contributed by atoms with Crippen LogP contribution in [-0.2, 0) is 11.3 Å². The molecular formula is C21H31BrFN3O. The Morgan fingerprint density at radius 3 is 2.67 bits per heavy atom. The average molecular weight is 440 g/mol. The zero-order valence-corrected chi connectivity index (χ0v) is 17.9. The number of halogens is 2. The third-order valence-electron chi connectivity index (χ3n) is 5.83. The van der Waals surface area contributed by atoms with E-state index in [1.165, 1.54) is 25.3 Å². The van der Waals surface area contributed by atoms with Crippen LogP contribution in [0.1, 0.15) is 44.6 Å². The molecule has 6 heteroatoms. The maximum absolute atomic E-state index is 14.1. The van der Waals surface area contributed by atoms with Crippen molar-refractivity contribution in [2.45, 2.75) is 51.6 Å². The number of benzene rings is 1. The van der Waals surface area contributed by atoms with E-state index in [1.807, 2.05) is 6.07 Å². The van der Waals surface area contributed by atoms with Crippen molar-refractivity contribution in [3.8, 4) is 0 Å². The molecule has 1 aromatic rings. The molecule has 1 unspecified atom stereocenters. The highest BCUT2D eigenvalue weighted by molar-refractivity contribution is 9.10. The van der Waals surface area contributed by atoms with Gasteiger partial charge in [0.1, 0.15) is 5.82 Å². The molecule has 1 atom stereocenters. The van der Waals surface area contributed by atoms with E-state index < -0.39 is 0 Å². The van der Waals surface area contributed by atoms with Gasteiger partial charge in [0.15, 0.2) is 0 Å². The largest absolute Gasteiger partial charge is 0.337 e. The van der Waals surface area contributed by atoms with Crippen LogP contribution in [0.4, 0.5) is 4.39 Å². The minimum Gasteiger partial charge on any atom is -0.337 e. The molecule has 3 rings (SSSR count). The third kappa shape index (κ3) is 6.00. The molecule has 2 saturated heterocycles. The van der Waals surface area contributed by atoms with Crippen LogP contribution in [0.2, 0.25) is 0 Å². The summed E-state index contributed by atoms with van der Waals surface area (Å²) >= 11 is 3.43. The molecule has 2 aliphatic rings. The van der Waals surface area contributed by atoms with Crippen LogP contribution in [0.5, 0.6) is 0 Å². The van der Waals surface area contributed by atoms with Crippen LogP contribution in [0.3, 0.4) is 0 Å². The monoisotopic (exact) mass is 439 g/mol. The van der Waals surface area contributed by atoms with Gasteiger partial charge in [0.25, 0.3) is 0 Å². The molecule has 0 aromatic heterocycles. The van der Waals surface area contributed by atoms with Crippen molar-refractivity contribution in [2.24, 2.45) is 0 Å². The molecule has 1 aromatic carbocycles. The predicted molar refractivity (Wildman–Crippen MR) is 110 cm³/mol.